The van der Waals surface area contributed by atoms with Crippen molar-refractivity contribution in [1.82, 2.24) is 14.8 Å². The maximum atomic E-state index is 13.9. The Kier molecular flexibility index (Phi) is 7.93. The van der Waals surface area contributed by atoms with Crippen LogP contribution < -0.4 is 20.1 Å². The summed E-state index contributed by atoms with van der Waals surface area (Å²) in [5, 5.41) is 10.8. The number of hydrogen-bond acceptors (Lipinski definition) is 6. The van der Waals surface area contributed by atoms with Gasteiger partial charge < -0.3 is 20.1 Å². The van der Waals surface area contributed by atoms with Crippen LogP contribution in [-0.4, -0.2) is 27.3 Å². The van der Waals surface area contributed by atoms with Gasteiger partial charge in [0.1, 0.15) is 19.0 Å². The Morgan fingerprint density at radius 1 is 1.05 bits per heavy atom. The van der Waals surface area contributed by atoms with E-state index in [4.69, 9.17) is 9.47 Å². The van der Waals surface area contributed by atoms with E-state index in [-0.39, 0.29) is 5.91 Å². The molecule has 2 heterocycles. The number of carbonyl (C=O) groups is 1. The van der Waals surface area contributed by atoms with Crippen molar-refractivity contribution in [3.63, 3.8) is 0 Å². The molecule has 0 saturated heterocycles. The number of fused-ring (bicyclic) bond motifs is 1. The van der Waals surface area contributed by atoms with Gasteiger partial charge in [0.05, 0.1) is 16.7 Å². The quantitative estimate of drug-likeness (QED) is 0.229. The largest absolute Gasteiger partial charge is 0.490 e. The molecule has 0 saturated carbocycles. The highest BCUT2D eigenvalue weighted by molar-refractivity contribution is 9.10. The van der Waals surface area contributed by atoms with Crippen LogP contribution in [0.25, 0.3) is 0 Å². The van der Waals surface area contributed by atoms with Crippen LogP contribution >= 0.6 is 15.9 Å². The van der Waals surface area contributed by atoms with Gasteiger partial charge in [-0.2, -0.15) is 10.1 Å². The van der Waals surface area contributed by atoms with E-state index in [0.717, 1.165) is 33.5 Å². The molecule has 3 aromatic carbocycles. The smallest absolute Gasteiger partial charge is 0.255 e. The summed E-state index contributed by atoms with van der Waals surface area (Å²) in [7, 11) is 0. The van der Waals surface area contributed by atoms with E-state index in [1.165, 1.54) is 6.33 Å². The van der Waals surface area contributed by atoms with Crippen LogP contribution in [0.5, 0.6) is 11.5 Å². The minimum absolute atomic E-state index is 0.223. The third kappa shape index (κ3) is 5.34. The highest BCUT2D eigenvalue weighted by Gasteiger charge is 2.34. The third-order valence-corrected chi connectivity index (χ3v) is 7.76. The van der Waals surface area contributed by atoms with Crippen LogP contribution in [0.2, 0.25) is 0 Å². The van der Waals surface area contributed by atoms with Crippen LogP contribution in [0, 0.1) is 20.8 Å². The summed E-state index contributed by atoms with van der Waals surface area (Å²) in [6.07, 6.45) is 1.48. The molecular weight excluding hydrogens is 570 g/mol. The predicted octanol–water partition coefficient (Wildman–Crippen LogP) is 6.87. The molecule has 0 spiro atoms. The molecule has 8 nitrogen and oxygen atoms in total. The molecule has 0 radical (unpaired) electrons. The first-order chi connectivity index (χ1) is 19.3. The van der Waals surface area contributed by atoms with Gasteiger partial charge in [-0.1, -0.05) is 36.4 Å². The fourth-order valence-electron chi connectivity index (χ4n) is 4.84. The van der Waals surface area contributed by atoms with Crippen molar-refractivity contribution in [1.29, 1.82) is 0 Å². The molecule has 1 aliphatic heterocycles. The zero-order chi connectivity index (χ0) is 28.4. The van der Waals surface area contributed by atoms with Gasteiger partial charge in [-0.05, 0) is 96.6 Å². The van der Waals surface area contributed by atoms with E-state index < -0.39 is 6.04 Å². The van der Waals surface area contributed by atoms with Crippen molar-refractivity contribution in [3.8, 4) is 11.5 Å². The first kappa shape index (κ1) is 27.5. The second kappa shape index (κ2) is 11.6. The molecule has 0 bridgehead atoms. The van der Waals surface area contributed by atoms with Crippen molar-refractivity contribution in [2.24, 2.45) is 0 Å². The van der Waals surface area contributed by atoms with Crippen LogP contribution in [0.3, 0.4) is 0 Å². The molecule has 1 unspecified atom stereocenters. The first-order valence-corrected chi connectivity index (χ1v) is 14.0. The number of carbonyl (C=O) groups excluding carboxylic acids is 1. The number of aryl methyl sites for hydroxylation is 2. The molecule has 4 aromatic rings. The number of benzene rings is 3. The summed E-state index contributed by atoms with van der Waals surface area (Å²) in [6.45, 7) is 10.7. The lowest BCUT2D eigenvalue weighted by Crippen LogP contribution is -2.31. The number of ether oxygens (including phenoxy) is 2. The number of allylic oxidation sites excluding steroid dienone is 1. The molecule has 0 aliphatic carbocycles. The SMILES string of the molecule is CCOc1cc(C2C(C(=O)Nc3cccc(C)c3C)=C(C)Nc3ncnn32)cc(Br)c1OCc1ccccc1C. The normalized spacial score (nSPS) is 14.4. The number of amides is 1. The highest BCUT2D eigenvalue weighted by Crippen LogP contribution is 2.43. The zero-order valence-electron chi connectivity index (χ0n) is 23.2. The third-order valence-electron chi connectivity index (χ3n) is 7.17. The van der Waals surface area contributed by atoms with Crippen LogP contribution in [0.15, 0.2) is 76.7 Å². The number of rotatable bonds is 8. The Labute approximate surface area is 242 Å². The average Bonchev–Trinajstić information content (AvgIpc) is 3.39. The number of hydrogen-bond donors (Lipinski definition) is 2. The van der Waals surface area contributed by atoms with Crippen molar-refractivity contribution >= 4 is 33.5 Å². The Bertz CT molecular complexity index is 1610. The topological polar surface area (TPSA) is 90.3 Å². The fraction of sp³-hybridized carbons (Fsp3) is 0.258. The first-order valence-electron chi connectivity index (χ1n) is 13.2. The maximum absolute atomic E-state index is 13.9. The van der Waals surface area contributed by atoms with Crippen LogP contribution in [0.4, 0.5) is 11.6 Å². The number of nitrogens with one attached hydrogen (secondary N) is 2. The zero-order valence-corrected chi connectivity index (χ0v) is 24.8. The van der Waals surface area contributed by atoms with Gasteiger partial charge in [0.15, 0.2) is 11.5 Å². The molecule has 1 aromatic heterocycles. The average molecular weight is 603 g/mol. The number of halogens is 1. The molecule has 0 fully saturated rings. The Hall–Kier alpha value is -4.11. The molecule has 5 rings (SSSR count). The minimum Gasteiger partial charge on any atom is -0.490 e. The van der Waals surface area contributed by atoms with Crippen LogP contribution in [0.1, 0.15) is 47.7 Å². The Morgan fingerprint density at radius 3 is 2.60 bits per heavy atom. The van der Waals surface area contributed by atoms with Gasteiger partial charge in [-0.3, -0.25) is 4.79 Å². The van der Waals surface area contributed by atoms with Crippen molar-refractivity contribution in [2.75, 3.05) is 17.2 Å². The summed E-state index contributed by atoms with van der Waals surface area (Å²) in [4.78, 5) is 18.2. The van der Waals surface area contributed by atoms with Gasteiger partial charge in [-0.25, -0.2) is 4.68 Å². The van der Waals surface area contributed by atoms with Gasteiger partial charge in [-0.15, -0.1) is 0 Å². The summed E-state index contributed by atoms with van der Waals surface area (Å²) in [5.41, 5.74) is 7.17. The van der Waals surface area contributed by atoms with Gasteiger partial charge in [0.2, 0.25) is 5.95 Å². The fourth-order valence-corrected chi connectivity index (χ4v) is 5.41. The number of anilines is 2. The molecule has 2 N–H and O–H groups in total. The monoisotopic (exact) mass is 601 g/mol. The van der Waals surface area contributed by atoms with E-state index in [2.05, 4.69) is 49.6 Å². The lowest BCUT2D eigenvalue weighted by atomic mass is 9.94. The molecule has 206 valence electrons. The lowest BCUT2D eigenvalue weighted by Gasteiger charge is -2.29. The van der Waals surface area contributed by atoms with E-state index in [9.17, 15) is 4.79 Å². The Balaban J connectivity index is 1.55. The molecule has 9 heteroatoms. The van der Waals surface area contributed by atoms with Crippen molar-refractivity contribution < 1.29 is 14.3 Å². The molecule has 1 amide bonds. The molecule has 1 aliphatic rings. The molecular formula is C31H32BrN5O3. The maximum Gasteiger partial charge on any atom is 0.255 e. The second-order valence-corrected chi connectivity index (χ2v) is 10.6. The van der Waals surface area contributed by atoms with Crippen molar-refractivity contribution in [3.05, 3.63) is 104 Å². The predicted molar refractivity (Wildman–Crippen MR) is 160 cm³/mol. The van der Waals surface area contributed by atoms with Gasteiger partial charge >= 0.3 is 0 Å². The second-order valence-electron chi connectivity index (χ2n) is 9.77. The number of aromatic nitrogens is 3. The lowest BCUT2D eigenvalue weighted by molar-refractivity contribution is -0.113. The van der Waals surface area contributed by atoms with Gasteiger partial charge in [0, 0.05) is 11.4 Å². The van der Waals surface area contributed by atoms with E-state index in [1.807, 2.05) is 76.2 Å². The summed E-state index contributed by atoms with van der Waals surface area (Å²) >= 11 is 3.72. The highest BCUT2D eigenvalue weighted by atomic mass is 79.9. The number of nitrogens with zero attached hydrogens (tertiary/aromatic N) is 3. The molecule has 1 atom stereocenters. The Morgan fingerprint density at radius 2 is 1.82 bits per heavy atom. The van der Waals surface area contributed by atoms with Gasteiger partial charge in [0.25, 0.3) is 5.91 Å². The minimum atomic E-state index is -0.551. The summed E-state index contributed by atoms with van der Waals surface area (Å²) in [6, 6.07) is 17.3. The van der Waals surface area contributed by atoms with E-state index in [0.29, 0.717) is 46.4 Å². The van der Waals surface area contributed by atoms with E-state index in [1.54, 1.807) is 4.68 Å². The van der Waals surface area contributed by atoms with Crippen LogP contribution in [-0.2, 0) is 11.4 Å². The summed E-state index contributed by atoms with van der Waals surface area (Å²) in [5.74, 6) is 1.51. The standard InChI is InChI=1S/C31H32BrN5O3/c1-6-39-26-15-23(14-24(32)29(26)40-16-22-12-8-7-10-19(22)3)28-27(21(5)35-31-33-17-34-37(28)31)30(38)36-25-13-9-11-18(2)20(25)4/h7-15,17,28H,6,16H2,1-5H3,(H,36,38)(H,33,34,35). The molecule has 40 heavy (non-hydrogen) atoms. The summed E-state index contributed by atoms with van der Waals surface area (Å²) < 4.78 is 14.8. The van der Waals surface area contributed by atoms with Crippen molar-refractivity contribution in [2.45, 2.75) is 47.3 Å². The van der Waals surface area contributed by atoms with E-state index >= 15 is 0 Å².